The lowest BCUT2D eigenvalue weighted by atomic mass is 9.96. The van der Waals surface area contributed by atoms with E-state index in [2.05, 4.69) is 37.9 Å². The molecule has 2 amide bonds. The summed E-state index contributed by atoms with van der Waals surface area (Å²) in [4.78, 5) is 29.0. The Balaban J connectivity index is 1.82. The van der Waals surface area contributed by atoms with Crippen molar-refractivity contribution < 1.29 is 14.0 Å². The average Bonchev–Trinajstić information content (AvgIpc) is 3.11. The summed E-state index contributed by atoms with van der Waals surface area (Å²) in [7, 11) is 0. The fourth-order valence-electron chi connectivity index (χ4n) is 3.51. The Bertz CT molecular complexity index is 546. The Morgan fingerprint density at radius 2 is 2.04 bits per heavy atom. The Kier molecular flexibility index (Phi) is 7.05. The first-order valence-corrected chi connectivity index (χ1v) is 9.25. The number of furan rings is 1. The minimum absolute atomic E-state index is 0.0529. The van der Waals surface area contributed by atoms with Gasteiger partial charge in [0.05, 0.1) is 17.7 Å². The van der Waals surface area contributed by atoms with Gasteiger partial charge in [-0.3, -0.25) is 14.5 Å². The SMILES string of the molecule is CC(C)N(CCNC(=O)[C@H]1CCCN(C(=O)c2ccoc2)C1)C(C)C. The van der Waals surface area contributed by atoms with Gasteiger partial charge in [-0.2, -0.15) is 0 Å². The number of rotatable bonds is 7. The number of amides is 2. The summed E-state index contributed by atoms with van der Waals surface area (Å²) in [5.74, 6) is -0.134. The van der Waals surface area contributed by atoms with Crippen LogP contribution in [0.3, 0.4) is 0 Å². The van der Waals surface area contributed by atoms with Crippen LogP contribution in [0.4, 0.5) is 0 Å². The van der Waals surface area contributed by atoms with Gasteiger partial charge in [-0.05, 0) is 46.6 Å². The molecule has 2 rings (SSSR count). The molecule has 0 radical (unpaired) electrons. The van der Waals surface area contributed by atoms with Crippen LogP contribution in [0.15, 0.2) is 23.0 Å². The number of hydrogen-bond donors (Lipinski definition) is 1. The zero-order chi connectivity index (χ0) is 18.4. The third-order valence-corrected chi connectivity index (χ3v) is 4.84. The highest BCUT2D eigenvalue weighted by Crippen LogP contribution is 2.19. The molecule has 1 atom stereocenters. The molecule has 0 saturated carbocycles. The second-order valence-corrected chi connectivity index (χ2v) is 7.32. The van der Waals surface area contributed by atoms with Crippen molar-refractivity contribution in [3.05, 3.63) is 24.2 Å². The second-order valence-electron chi connectivity index (χ2n) is 7.32. The molecule has 6 heteroatoms. The van der Waals surface area contributed by atoms with Crippen LogP contribution in [0.5, 0.6) is 0 Å². The molecular formula is C19H31N3O3. The monoisotopic (exact) mass is 349 g/mol. The molecule has 1 aliphatic heterocycles. The zero-order valence-corrected chi connectivity index (χ0v) is 15.8. The van der Waals surface area contributed by atoms with Crippen molar-refractivity contribution in [2.75, 3.05) is 26.2 Å². The smallest absolute Gasteiger partial charge is 0.257 e. The standard InChI is InChI=1S/C19H31N3O3/c1-14(2)22(15(3)4)10-8-20-18(23)16-6-5-9-21(12-16)19(24)17-7-11-25-13-17/h7,11,13-16H,5-6,8-10,12H2,1-4H3,(H,20,23)/t16-/m0/s1. The molecule has 140 valence electrons. The minimum Gasteiger partial charge on any atom is -0.472 e. The lowest BCUT2D eigenvalue weighted by Crippen LogP contribution is -2.47. The van der Waals surface area contributed by atoms with E-state index in [0.29, 0.717) is 37.3 Å². The number of carbonyl (C=O) groups is 2. The molecule has 1 aromatic heterocycles. The molecule has 1 N–H and O–H groups in total. The molecular weight excluding hydrogens is 318 g/mol. The molecule has 1 aromatic rings. The third kappa shape index (κ3) is 5.33. The van der Waals surface area contributed by atoms with E-state index in [-0.39, 0.29) is 17.7 Å². The van der Waals surface area contributed by atoms with Gasteiger partial charge in [-0.15, -0.1) is 0 Å². The molecule has 25 heavy (non-hydrogen) atoms. The Morgan fingerprint density at radius 3 is 2.64 bits per heavy atom. The number of nitrogens with zero attached hydrogens (tertiary/aromatic N) is 2. The molecule has 1 aliphatic rings. The van der Waals surface area contributed by atoms with E-state index < -0.39 is 0 Å². The molecule has 2 heterocycles. The van der Waals surface area contributed by atoms with Crippen molar-refractivity contribution in [3.63, 3.8) is 0 Å². The van der Waals surface area contributed by atoms with Crippen LogP contribution in [-0.2, 0) is 4.79 Å². The predicted molar refractivity (Wildman–Crippen MR) is 97.3 cm³/mol. The van der Waals surface area contributed by atoms with Gasteiger partial charge in [-0.1, -0.05) is 0 Å². The number of hydrogen-bond acceptors (Lipinski definition) is 4. The molecule has 1 saturated heterocycles. The quantitative estimate of drug-likeness (QED) is 0.821. The van der Waals surface area contributed by atoms with Crippen LogP contribution in [0.2, 0.25) is 0 Å². The van der Waals surface area contributed by atoms with Crippen molar-refractivity contribution in [1.29, 1.82) is 0 Å². The van der Waals surface area contributed by atoms with Crippen molar-refractivity contribution >= 4 is 11.8 Å². The van der Waals surface area contributed by atoms with Gasteiger partial charge in [0, 0.05) is 38.3 Å². The van der Waals surface area contributed by atoms with Gasteiger partial charge in [0.1, 0.15) is 6.26 Å². The summed E-state index contributed by atoms with van der Waals surface area (Å²) < 4.78 is 4.98. The average molecular weight is 349 g/mol. The Morgan fingerprint density at radius 1 is 1.32 bits per heavy atom. The molecule has 0 aliphatic carbocycles. The largest absolute Gasteiger partial charge is 0.472 e. The summed E-state index contributed by atoms with van der Waals surface area (Å²) in [6, 6.07) is 2.57. The first kappa shape index (κ1) is 19.5. The van der Waals surface area contributed by atoms with E-state index in [1.54, 1.807) is 11.0 Å². The van der Waals surface area contributed by atoms with Gasteiger partial charge >= 0.3 is 0 Å². The minimum atomic E-state index is -0.129. The third-order valence-electron chi connectivity index (χ3n) is 4.84. The fraction of sp³-hybridized carbons (Fsp3) is 0.684. The fourth-order valence-corrected chi connectivity index (χ4v) is 3.51. The highest BCUT2D eigenvalue weighted by Gasteiger charge is 2.29. The summed E-state index contributed by atoms with van der Waals surface area (Å²) in [5, 5.41) is 3.05. The number of carbonyl (C=O) groups excluding carboxylic acids is 2. The van der Waals surface area contributed by atoms with Crippen LogP contribution in [-0.4, -0.2) is 59.9 Å². The van der Waals surface area contributed by atoms with Crippen molar-refractivity contribution in [2.45, 2.75) is 52.6 Å². The molecule has 0 spiro atoms. The highest BCUT2D eigenvalue weighted by atomic mass is 16.3. The topological polar surface area (TPSA) is 65.8 Å². The maximum atomic E-state index is 12.5. The van der Waals surface area contributed by atoms with E-state index in [4.69, 9.17) is 4.42 Å². The van der Waals surface area contributed by atoms with Crippen molar-refractivity contribution in [3.8, 4) is 0 Å². The molecule has 6 nitrogen and oxygen atoms in total. The van der Waals surface area contributed by atoms with Crippen LogP contribution >= 0.6 is 0 Å². The van der Waals surface area contributed by atoms with Gasteiger partial charge in [0.25, 0.3) is 5.91 Å². The van der Waals surface area contributed by atoms with Gasteiger partial charge in [-0.25, -0.2) is 0 Å². The van der Waals surface area contributed by atoms with E-state index in [0.717, 1.165) is 19.4 Å². The van der Waals surface area contributed by atoms with E-state index in [9.17, 15) is 9.59 Å². The number of piperidine rings is 1. The first-order valence-electron chi connectivity index (χ1n) is 9.25. The van der Waals surface area contributed by atoms with Gasteiger partial charge in [0.2, 0.25) is 5.91 Å². The summed E-state index contributed by atoms with van der Waals surface area (Å²) in [6.45, 7) is 11.3. The number of likely N-dealkylation sites (tertiary alicyclic amines) is 1. The molecule has 0 bridgehead atoms. The van der Waals surface area contributed by atoms with Crippen LogP contribution in [0, 0.1) is 5.92 Å². The van der Waals surface area contributed by atoms with E-state index >= 15 is 0 Å². The lowest BCUT2D eigenvalue weighted by molar-refractivity contribution is -0.126. The van der Waals surface area contributed by atoms with E-state index in [1.807, 2.05) is 0 Å². The molecule has 1 fully saturated rings. The number of nitrogens with one attached hydrogen (secondary N) is 1. The van der Waals surface area contributed by atoms with E-state index in [1.165, 1.54) is 12.5 Å². The summed E-state index contributed by atoms with van der Waals surface area (Å²) >= 11 is 0. The lowest BCUT2D eigenvalue weighted by Gasteiger charge is -2.33. The van der Waals surface area contributed by atoms with Crippen molar-refractivity contribution in [1.82, 2.24) is 15.1 Å². The predicted octanol–water partition coefficient (Wildman–Crippen LogP) is 2.37. The normalized spacial score (nSPS) is 18.2. The summed E-state index contributed by atoms with van der Waals surface area (Å²) in [5.41, 5.74) is 0.547. The van der Waals surface area contributed by atoms with Gasteiger partial charge < -0.3 is 14.6 Å². The summed E-state index contributed by atoms with van der Waals surface area (Å²) in [6.07, 6.45) is 4.64. The van der Waals surface area contributed by atoms with Crippen molar-refractivity contribution in [2.24, 2.45) is 5.92 Å². The molecule has 0 unspecified atom stereocenters. The zero-order valence-electron chi connectivity index (χ0n) is 15.8. The second kappa shape index (κ2) is 9.04. The molecule has 0 aromatic carbocycles. The first-order chi connectivity index (χ1) is 11.9. The maximum absolute atomic E-state index is 12.5. The van der Waals surface area contributed by atoms with Crippen LogP contribution < -0.4 is 5.32 Å². The van der Waals surface area contributed by atoms with Crippen LogP contribution in [0.25, 0.3) is 0 Å². The highest BCUT2D eigenvalue weighted by molar-refractivity contribution is 5.94. The van der Waals surface area contributed by atoms with Crippen LogP contribution in [0.1, 0.15) is 50.9 Å². The van der Waals surface area contributed by atoms with Gasteiger partial charge in [0.15, 0.2) is 0 Å². The maximum Gasteiger partial charge on any atom is 0.257 e. The Labute approximate surface area is 150 Å². The Hall–Kier alpha value is -1.82.